The van der Waals surface area contributed by atoms with Gasteiger partial charge in [-0.1, -0.05) is 15.9 Å². The first kappa shape index (κ1) is 15.0. The highest BCUT2D eigenvalue weighted by Gasteiger charge is 2.32. The van der Waals surface area contributed by atoms with Gasteiger partial charge in [-0.15, -0.1) is 24.5 Å². The number of hydrogen-bond acceptors (Lipinski definition) is 4. The first-order chi connectivity index (χ1) is 9.35. The zero-order chi connectivity index (χ0) is 14.8. The van der Waals surface area contributed by atoms with Crippen molar-refractivity contribution >= 4 is 38.6 Å². The molecule has 1 aromatic heterocycles. The highest BCUT2D eigenvalue weighted by atomic mass is 79.9. The van der Waals surface area contributed by atoms with Crippen LogP contribution in [0.15, 0.2) is 34.1 Å². The zero-order valence-electron chi connectivity index (χ0n) is 10.00. The van der Waals surface area contributed by atoms with Crippen molar-refractivity contribution in [1.82, 2.24) is 0 Å². The van der Waals surface area contributed by atoms with E-state index in [1.54, 1.807) is 12.1 Å². The van der Waals surface area contributed by atoms with Crippen LogP contribution in [-0.2, 0) is 6.54 Å². The molecule has 0 spiro atoms. The van der Waals surface area contributed by atoms with E-state index in [-0.39, 0.29) is 11.4 Å². The van der Waals surface area contributed by atoms with Crippen LogP contribution in [0.3, 0.4) is 0 Å². The van der Waals surface area contributed by atoms with E-state index in [2.05, 4.69) is 26.0 Å². The number of alkyl halides is 3. The van der Waals surface area contributed by atoms with E-state index in [4.69, 9.17) is 5.73 Å². The summed E-state index contributed by atoms with van der Waals surface area (Å²) >= 11 is 4.54. The number of anilines is 2. The van der Waals surface area contributed by atoms with Crippen molar-refractivity contribution in [3.05, 3.63) is 39.0 Å². The second-order valence-corrected chi connectivity index (χ2v) is 5.76. The third kappa shape index (κ3) is 4.04. The fourth-order valence-corrected chi connectivity index (χ4v) is 2.60. The van der Waals surface area contributed by atoms with Gasteiger partial charge in [0.05, 0.1) is 12.2 Å². The summed E-state index contributed by atoms with van der Waals surface area (Å²) in [4.78, 5) is 0.853. The molecule has 0 saturated carbocycles. The molecule has 1 aromatic carbocycles. The lowest BCUT2D eigenvalue weighted by atomic mass is 10.3. The van der Waals surface area contributed by atoms with Crippen molar-refractivity contribution in [1.29, 1.82) is 0 Å². The summed E-state index contributed by atoms with van der Waals surface area (Å²) in [6.07, 6.45) is -4.74. The van der Waals surface area contributed by atoms with Gasteiger partial charge in [-0.2, -0.15) is 0 Å². The molecule has 0 atom stereocenters. The van der Waals surface area contributed by atoms with Gasteiger partial charge in [0.25, 0.3) is 0 Å². The summed E-state index contributed by atoms with van der Waals surface area (Å²) < 4.78 is 41.5. The SMILES string of the molecule is Nc1ccsc1CNc1ccc(Br)cc1OC(F)(F)F. The lowest BCUT2D eigenvalue weighted by molar-refractivity contribution is -0.274. The van der Waals surface area contributed by atoms with Crippen molar-refractivity contribution < 1.29 is 17.9 Å². The van der Waals surface area contributed by atoms with E-state index in [0.717, 1.165) is 4.88 Å². The summed E-state index contributed by atoms with van der Waals surface area (Å²) in [6.45, 7) is 0.333. The fourth-order valence-electron chi connectivity index (χ4n) is 1.52. The molecule has 2 rings (SSSR count). The number of rotatable bonds is 4. The Morgan fingerprint density at radius 1 is 1.30 bits per heavy atom. The van der Waals surface area contributed by atoms with Crippen molar-refractivity contribution in [3.63, 3.8) is 0 Å². The van der Waals surface area contributed by atoms with Crippen LogP contribution in [-0.4, -0.2) is 6.36 Å². The van der Waals surface area contributed by atoms with Gasteiger partial charge in [-0.25, -0.2) is 0 Å². The minimum absolute atomic E-state index is 0.248. The minimum atomic E-state index is -4.74. The van der Waals surface area contributed by atoms with Crippen molar-refractivity contribution in [2.24, 2.45) is 0 Å². The maximum absolute atomic E-state index is 12.3. The number of hydrogen-bond donors (Lipinski definition) is 2. The van der Waals surface area contributed by atoms with Crippen LogP contribution in [0, 0.1) is 0 Å². The maximum atomic E-state index is 12.3. The molecular weight excluding hydrogens is 357 g/mol. The van der Waals surface area contributed by atoms with Gasteiger partial charge in [0.2, 0.25) is 0 Å². The molecule has 0 fully saturated rings. The Morgan fingerprint density at radius 3 is 2.65 bits per heavy atom. The Balaban J connectivity index is 2.16. The Bertz CT molecular complexity index is 601. The normalized spacial score (nSPS) is 11.4. The van der Waals surface area contributed by atoms with Crippen LogP contribution in [0.4, 0.5) is 24.5 Å². The first-order valence-electron chi connectivity index (χ1n) is 5.46. The summed E-state index contributed by atoms with van der Waals surface area (Å²) in [5.41, 5.74) is 6.58. The average molecular weight is 367 g/mol. The topological polar surface area (TPSA) is 47.3 Å². The number of benzene rings is 1. The molecule has 8 heteroatoms. The average Bonchev–Trinajstić information content (AvgIpc) is 2.72. The number of nitrogen functional groups attached to an aromatic ring is 1. The quantitative estimate of drug-likeness (QED) is 0.830. The van der Waals surface area contributed by atoms with Crippen molar-refractivity contribution in [2.75, 3.05) is 11.1 Å². The summed E-state index contributed by atoms with van der Waals surface area (Å²) in [5, 5.41) is 4.71. The number of nitrogens with one attached hydrogen (secondary N) is 1. The molecule has 0 radical (unpaired) electrons. The van der Waals surface area contributed by atoms with E-state index in [1.807, 2.05) is 5.38 Å². The van der Waals surface area contributed by atoms with Crippen LogP contribution in [0.1, 0.15) is 4.88 Å². The molecule has 3 nitrogen and oxygen atoms in total. The monoisotopic (exact) mass is 366 g/mol. The Labute approximate surface area is 125 Å². The Kier molecular flexibility index (Phi) is 4.44. The van der Waals surface area contributed by atoms with Crippen LogP contribution in [0.5, 0.6) is 5.75 Å². The van der Waals surface area contributed by atoms with Gasteiger partial charge in [0.15, 0.2) is 5.75 Å². The van der Waals surface area contributed by atoms with Crippen LogP contribution < -0.4 is 15.8 Å². The van der Waals surface area contributed by atoms with E-state index in [1.165, 1.54) is 23.5 Å². The molecule has 0 aliphatic rings. The fraction of sp³-hybridized carbons (Fsp3) is 0.167. The molecule has 1 heterocycles. The highest BCUT2D eigenvalue weighted by Crippen LogP contribution is 2.33. The standard InChI is InChI=1S/C12H10BrF3N2OS/c13-7-1-2-9(10(5-7)19-12(14,15)16)18-6-11-8(17)3-4-20-11/h1-5,18H,6,17H2. The number of halogens is 4. The van der Waals surface area contributed by atoms with E-state index in [9.17, 15) is 13.2 Å². The summed E-state index contributed by atoms with van der Waals surface area (Å²) in [7, 11) is 0. The van der Waals surface area contributed by atoms with Gasteiger partial charge in [0, 0.05) is 15.0 Å². The number of nitrogens with two attached hydrogens (primary N) is 1. The van der Waals surface area contributed by atoms with E-state index < -0.39 is 6.36 Å². The van der Waals surface area contributed by atoms with Gasteiger partial charge in [-0.05, 0) is 29.6 Å². The lowest BCUT2D eigenvalue weighted by Crippen LogP contribution is -2.18. The van der Waals surface area contributed by atoms with Crippen LogP contribution in [0.25, 0.3) is 0 Å². The Morgan fingerprint density at radius 2 is 2.05 bits per heavy atom. The summed E-state index contributed by atoms with van der Waals surface area (Å²) in [5.74, 6) is -0.290. The second kappa shape index (κ2) is 5.92. The molecular formula is C12H10BrF3N2OS. The third-order valence-corrected chi connectivity index (χ3v) is 3.82. The third-order valence-electron chi connectivity index (χ3n) is 2.39. The Hall–Kier alpha value is -1.41. The smallest absolute Gasteiger partial charge is 0.404 e. The molecule has 0 unspecified atom stereocenters. The minimum Gasteiger partial charge on any atom is -0.404 e. The van der Waals surface area contributed by atoms with Gasteiger partial charge >= 0.3 is 6.36 Å². The predicted octanol–water partition coefficient (Wildman–Crippen LogP) is 4.60. The molecule has 2 aromatic rings. The molecule has 0 amide bonds. The maximum Gasteiger partial charge on any atom is 0.573 e. The van der Waals surface area contributed by atoms with Crippen LogP contribution in [0.2, 0.25) is 0 Å². The molecule has 0 saturated heterocycles. The zero-order valence-corrected chi connectivity index (χ0v) is 12.4. The molecule has 3 N–H and O–H groups in total. The van der Waals surface area contributed by atoms with E-state index >= 15 is 0 Å². The second-order valence-electron chi connectivity index (χ2n) is 3.84. The number of ether oxygens (including phenoxy) is 1. The van der Waals surface area contributed by atoms with Gasteiger partial charge < -0.3 is 15.8 Å². The highest BCUT2D eigenvalue weighted by molar-refractivity contribution is 9.10. The molecule has 108 valence electrons. The molecule has 0 aliphatic carbocycles. The van der Waals surface area contributed by atoms with Crippen molar-refractivity contribution in [2.45, 2.75) is 12.9 Å². The number of thiophene rings is 1. The molecule has 20 heavy (non-hydrogen) atoms. The molecule has 0 bridgehead atoms. The summed E-state index contributed by atoms with van der Waals surface area (Å²) in [6, 6.07) is 6.14. The van der Waals surface area contributed by atoms with Crippen molar-refractivity contribution in [3.8, 4) is 5.75 Å². The predicted molar refractivity (Wildman–Crippen MR) is 76.9 cm³/mol. The molecule has 0 aliphatic heterocycles. The van der Waals surface area contributed by atoms with E-state index in [0.29, 0.717) is 16.7 Å². The lowest BCUT2D eigenvalue weighted by Gasteiger charge is -2.15. The van der Waals surface area contributed by atoms with Gasteiger partial charge in [-0.3, -0.25) is 0 Å². The van der Waals surface area contributed by atoms with Crippen LogP contribution >= 0.6 is 27.3 Å². The largest absolute Gasteiger partial charge is 0.573 e. The first-order valence-corrected chi connectivity index (χ1v) is 7.13. The van der Waals surface area contributed by atoms with Gasteiger partial charge in [0.1, 0.15) is 0 Å².